The van der Waals surface area contributed by atoms with Crippen molar-refractivity contribution in [1.82, 2.24) is 51.6 Å². The Labute approximate surface area is 401 Å². The van der Waals surface area contributed by atoms with E-state index in [1.807, 2.05) is 0 Å². The van der Waals surface area contributed by atoms with E-state index in [9.17, 15) is 38.7 Å². The fourth-order valence-corrected chi connectivity index (χ4v) is 7.88. The molecule has 1 saturated heterocycles. The van der Waals surface area contributed by atoms with Crippen molar-refractivity contribution >= 4 is 81.6 Å². The third kappa shape index (κ3) is 13.4. The number of amidine groups is 1. The maximum atomic E-state index is 13.4. The van der Waals surface area contributed by atoms with Crippen LogP contribution in [0, 0.1) is 0 Å². The van der Waals surface area contributed by atoms with Gasteiger partial charge in [0, 0.05) is 60.7 Å². The highest BCUT2D eigenvalue weighted by atomic mass is 16.4. The summed E-state index contributed by atoms with van der Waals surface area (Å²) in [6, 6.07) is 7.04. The lowest BCUT2D eigenvalue weighted by Gasteiger charge is -2.19. The van der Waals surface area contributed by atoms with E-state index < -0.39 is 41.7 Å². The number of nitrogens with zero attached hydrogens (tertiary/aromatic N) is 7. The summed E-state index contributed by atoms with van der Waals surface area (Å²) in [7, 11) is 0. The number of allylic oxidation sites excluding steroid dienone is 1. The number of carboxylic acids is 1. The molecule has 4 aromatic rings. The van der Waals surface area contributed by atoms with Crippen LogP contribution < -0.4 is 60.1 Å². The van der Waals surface area contributed by atoms with Crippen LogP contribution in [0.1, 0.15) is 95.8 Å². The predicted octanol–water partition coefficient (Wildman–Crippen LogP) is -0.120. The van der Waals surface area contributed by atoms with Gasteiger partial charge in [0.2, 0.25) is 29.6 Å². The van der Waals surface area contributed by atoms with E-state index in [1.165, 1.54) is 25.1 Å². The number of carbonyl (C=O) groups is 7. The van der Waals surface area contributed by atoms with Gasteiger partial charge in [0.25, 0.3) is 11.8 Å². The zero-order valence-electron chi connectivity index (χ0n) is 38.5. The number of hydrogen-bond donors (Lipinski definition) is 11. The van der Waals surface area contributed by atoms with Crippen molar-refractivity contribution in [2.24, 2.45) is 16.7 Å². The van der Waals surface area contributed by atoms with E-state index in [-0.39, 0.29) is 89.8 Å². The maximum absolute atomic E-state index is 13.4. The van der Waals surface area contributed by atoms with Gasteiger partial charge in [0.1, 0.15) is 12.1 Å². The fourth-order valence-electron chi connectivity index (χ4n) is 7.88. The molecule has 1 fully saturated rings. The van der Waals surface area contributed by atoms with Crippen molar-refractivity contribution in [2.75, 3.05) is 47.9 Å². The number of benzene rings is 2. The van der Waals surface area contributed by atoms with Gasteiger partial charge >= 0.3 is 5.97 Å². The zero-order valence-corrected chi connectivity index (χ0v) is 38.5. The molecule has 0 bridgehead atoms. The Kier molecular flexibility index (Phi) is 17.1. The largest absolute Gasteiger partial charge is 0.480 e. The van der Waals surface area contributed by atoms with Crippen LogP contribution in [0.15, 0.2) is 60.0 Å². The van der Waals surface area contributed by atoms with Gasteiger partial charge in [-0.25, -0.2) is 26.1 Å². The summed E-state index contributed by atoms with van der Waals surface area (Å²) >= 11 is 0. The van der Waals surface area contributed by atoms with Gasteiger partial charge in [-0.1, -0.05) is 13.0 Å². The predicted molar refractivity (Wildman–Crippen MR) is 258 cm³/mol. The van der Waals surface area contributed by atoms with Crippen LogP contribution in [0.3, 0.4) is 0 Å². The smallest absolute Gasteiger partial charge is 0.326 e. The Morgan fingerprint density at radius 2 is 1.70 bits per heavy atom. The van der Waals surface area contributed by atoms with E-state index in [0.29, 0.717) is 56.5 Å². The van der Waals surface area contributed by atoms with Crippen molar-refractivity contribution in [3.8, 4) is 0 Å². The number of carboxylic acid groups (broad SMARTS) is 1. The summed E-state index contributed by atoms with van der Waals surface area (Å²) in [5.41, 5.74) is 24.3. The van der Waals surface area contributed by atoms with Crippen LogP contribution >= 0.6 is 0 Å². The van der Waals surface area contributed by atoms with Crippen LogP contribution in [0.4, 0.5) is 23.1 Å². The highest BCUT2D eigenvalue weighted by Crippen LogP contribution is 2.30. The van der Waals surface area contributed by atoms with Crippen molar-refractivity contribution in [3.63, 3.8) is 0 Å². The number of hydrogen-bond acceptors (Lipinski definition) is 17. The minimum atomic E-state index is -1.27. The van der Waals surface area contributed by atoms with Gasteiger partial charge in [0.15, 0.2) is 22.8 Å². The molecular formula is C45H57N17O8. The Morgan fingerprint density at radius 3 is 2.44 bits per heavy atom. The topological polar surface area (TPSA) is 386 Å². The normalized spacial score (nSPS) is 14.2. The van der Waals surface area contributed by atoms with Crippen molar-refractivity contribution in [2.45, 2.75) is 83.3 Å². The van der Waals surface area contributed by atoms with Gasteiger partial charge in [-0.2, -0.15) is 9.97 Å². The van der Waals surface area contributed by atoms with Gasteiger partial charge in [0.05, 0.1) is 30.5 Å². The minimum absolute atomic E-state index is 0.0000272. The number of aromatic nitrogens is 4. The lowest BCUT2D eigenvalue weighted by atomic mass is 10.0. The molecule has 2 aliphatic heterocycles. The van der Waals surface area contributed by atoms with Crippen LogP contribution in [0.2, 0.25) is 0 Å². The summed E-state index contributed by atoms with van der Waals surface area (Å²) in [6.07, 6.45) is 5.73. The van der Waals surface area contributed by atoms with Crippen LogP contribution in [-0.2, 0) is 36.9 Å². The third-order valence-electron chi connectivity index (χ3n) is 11.6. The average Bonchev–Trinajstić information content (AvgIpc) is 3.88. The first kappa shape index (κ1) is 50.9. The molecule has 6 amide bonds. The lowest BCUT2D eigenvalue weighted by molar-refractivity contribution is -0.139. The number of carbonyl (C=O) groups excluding carboxylic acids is 6. The van der Waals surface area contributed by atoms with E-state index in [1.54, 1.807) is 29.3 Å². The fraction of sp³-hybridized carbons (Fsp3) is 0.378. The van der Waals surface area contributed by atoms with Gasteiger partial charge in [-0.3, -0.25) is 28.8 Å². The molecule has 2 aromatic carbocycles. The molecule has 0 saturated carbocycles. The first-order valence-corrected chi connectivity index (χ1v) is 22.5. The Hall–Kier alpha value is -8.48. The third-order valence-corrected chi connectivity index (χ3v) is 11.6. The maximum Gasteiger partial charge on any atom is 0.326 e. The molecular weight excluding hydrogens is 907 g/mol. The molecule has 0 aliphatic carbocycles. The number of hydrazone groups is 1. The summed E-state index contributed by atoms with van der Waals surface area (Å²) in [5, 5.41) is 26.7. The number of rotatable bonds is 23. The van der Waals surface area contributed by atoms with Crippen LogP contribution in [0.5, 0.6) is 0 Å². The van der Waals surface area contributed by atoms with E-state index in [0.717, 1.165) is 29.8 Å². The number of nitrogens with one attached hydrogen (secondary N) is 6. The number of amides is 6. The summed E-state index contributed by atoms with van der Waals surface area (Å²) in [4.78, 5) is 109. The molecule has 2 unspecified atom stereocenters. The van der Waals surface area contributed by atoms with Gasteiger partial charge in [-0.05, 0) is 87.4 Å². The molecule has 25 heteroatoms. The minimum Gasteiger partial charge on any atom is -0.480 e. The second-order valence-electron chi connectivity index (χ2n) is 16.6. The number of nitrogen functional groups attached to an aromatic ring is 2. The SMILES string of the molecule is C=C1CCC(=O)N1CCCCCC(=O)NCC(=O)NC(C)C(=O)Nc1ccc(C(=O)NCCCC(NC(=O)c2ccc3c(c2)CCN3Cc2cnc3nc(N)nc(N)c3n2)C(=O)O)c(/C(N)=N/NN)c1. The van der Waals surface area contributed by atoms with E-state index >= 15 is 0 Å². The highest BCUT2D eigenvalue weighted by Gasteiger charge is 2.26. The van der Waals surface area contributed by atoms with Crippen molar-refractivity contribution in [3.05, 3.63) is 82.8 Å². The molecule has 4 heterocycles. The van der Waals surface area contributed by atoms with Crippen molar-refractivity contribution < 1.29 is 38.7 Å². The zero-order chi connectivity index (χ0) is 50.5. The molecule has 2 aliphatic rings. The molecule has 25 nitrogen and oxygen atoms in total. The summed E-state index contributed by atoms with van der Waals surface area (Å²) in [5.74, 6) is 1.37. The first-order valence-electron chi connectivity index (χ1n) is 22.5. The Morgan fingerprint density at radius 1 is 0.900 bits per heavy atom. The van der Waals surface area contributed by atoms with E-state index in [2.05, 4.69) is 68.6 Å². The Balaban J connectivity index is 0.942. The van der Waals surface area contributed by atoms with Gasteiger partial charge < -0.3 is 58.7 Å². The number of unbranched alkanes of at least 4 members (excludes halogenated alkanes) is 2. The molecule has 2 atom stereocenters. The number of hydrazine groups is 1. The number of aliphatic carboxylic acids is 1. The van der Waals surface area contributed by atoms with Gasteiger partial charge in [-0.15, -0.1) is 5.10 Å². The van der Waals surface area contributed by atoms with E-state index in [4.69, 9.17) is 23.0 Å². The quantitative estimate of drug-likeness (QED) is 0.0152. The Bertz CT molecular complexity index is 2700. The molecule has 2 aromatic heterocycles. The summed E-state index contributed by atoms with van der Waals surface area (Å²) < 4.78 is 0. The molecule has 15 N–H and O–H groups in total. The number of fused-ring (bicyclic) bond motifs is 2. The van der Waals surface area contributed by atoms with Crippen molar-refractivity contribution in [1.29, 1.82) is 0 Å². The summed E-state index contributed by atoms with van der Waals surface area (Å²) in [6.45, 7) is 6.63. The number of anilines is 4. The molecule has 0 radical (unpaired) electrons. The lowest BCUT2D eigenvalue weighted by Crippen LogP contribution is -2.45. The monoisotopic (exact) mass is 963 g/mol. The average molecular weight is 964 g/mol. The first-order chi connectivity index (χ1) is 33.5. The molecule has 70 heavy (non-hydrogen) atoms. The molecule has 370 valence electrons. The van der Waals surface area contributed by atoms with Crippen LogP contribution in [-0.4, -0.2) is 115 Å². The standard InChI is InChI=1S/C45H57N17O8/c1-24-9-14-36(65)62(24)17-5-3-4-8-34(63)51-22-35(64)53-25(2)41(66)55-28-11-12-30(31(20-28)38(46)59-60-49)43(68)50-16-6-7-32(44(69)70)56-42(67)27-10-13-33-26(19-27)15-18-61(33)23-29-21-52-40-37(54-29)39(47)57-45(48)58-40/h10-13,19-21,25,32,60H,1,3-9,14-18,22-23,49H2,2H3,(H2,46,59)(H,50,68)(H,51,63)(H,53,64)(H,55,66)(H,56,67)(H,69,70)(H4,47,48,52,57,58). The number of nitrogens with two attached hydrogens (primary N) is 4. The second kappa shape index (κ2) is 23.5. The highest BCUT2D eigenvalue weighted by molar-refractivity contribution is 6.10. The number of likely N-dealkylation sites (tertiary alicyclic amines) is 1. The molecule has 0 spiro atoms. The molecule has 6 rings (SSSR count). The van der Waals surface area contributed by atoms with Crippen LogP contribution in [0.25, 0.3) is 11.2 Å². The second-order valence-corrected chi connectivity index (χ2v) is 16.6.